The van der Waals surface area contributed by atoms with Crippen molar-refractivity contribution in [1.82, 2.24) is 9.88 Å². The molecule has 1 amide bonds. The smallest absolute Gasteiger partial charge is 0.223 e. The Morgan fingerprint density at radius 2 is 2.31 bits per heavy atom. The van der Waals surface area contributed by atoms with E-state index in [1.807, 2.05) is 11.8 Å². The van der Waals surface area contributed by atoms with Crippen molar-refractivity contribution < 1.29 is 4.79 Å². The minimum atomic E-state index is 0.284. The van der Waals surface area contributed by atoms with Crippen molar-refractivity contribution in [2.24, 2.45) is 5.92 Å². The van der Waals surface area contributed by atoms with Crippen LogP contribution in [0.3, 0.4) is 0 Å². The SMILES string of the molecule is Cc1nc2c(s1)CN(C(=O)CC(C)C)CC2. The van der Waals surface area contributed by atoms with Crippen LogP contribution in [0.1, 0.15) is 35.8 Å². The molecule has 0 aromatic carbocycles. The lowest BCUT2D eigenvalue weighted by Crippen LogP contribution is -2.36. The van der Waals surface area contributed by atoms with Crippen LogP contribution in [0.25, 0.3) is 0 Å². The van der Waals surface area contributed by atoms with E-state index in [0.717, 1.165) is 24.5 Å². The number of fused-ring (bicyclic) bond motifs is 1. The highest BCUT2D eigenvalue weighted by atomic mass is 32.1. The lowest BCUT2D eigenvalue weighted by Gasteiger charge is -2.26. The number of thiazole rings is 1. The average Bonchev–Trinajstić information content (AvgIpc) is 2.55. The Morgan fingerprint density at radius 3 is 3.00 bits per heavy atom. The Bertz CT molecular complexity index is 398. The molecule has 0 atom stereocenters. The molecular weight excluding hydrogens is 220 g/mol. The topological polar surface area (TPSA) is 33.2 Å². The maximum atomic E-state index is 11.9. The third-order valence-electron chi connectivity index (χ3n) is 2.77. The normalized spacial score (nSPS) is 15.4. The summed E-state index contributed by atoms with van der Waals surface area (Å²) >= 11 is 1.73. The van der Waals surface area contributed by atoms with Crippen LogP contribution < -0.4 is 0 Å². The van der Waals surface area contributed by atoms with E-state index in [0.29, 0.717) is 12.3 Å². The maximum Gasteiger partial charge on any atom is 0.223 e. The maximum absolute atomic E-state index is 11.9. The number of hydrogen-bond acceptors (Lipinski definition) is 3. The second-order valence-corrected chi connectivity index (χ2v) is 6.05. The third-order valence-corrected chi connectivity index (χ3v) is 3.77. The van der Waals surface area contributed by atoms with Gasteiger partial charge in [-0.1, -0.05) is 13.8 Å². The van der Waals surface area contributed by atoms with Gasteiger partial charge in [0.2, 0.25) is 5.91 Å². The van der Waals surface area contributed by atoms with Crippen molar-refractivity contribution in [3.63, 3.8) is 0 Å². The summed E-state index contributed by atoms with van der Waals surface area (Å²) in [5.74, 6) is 0.726. The summed E-state index contributed by atoms with van der Waals surface area (Å²) in [7, 11) is 0. The molecule has 2 rings (SSSR count). The molecule has 1 aliphatic heterocycles. The minimum absolute atomic E-state index is 0.284. The molecule has 3 nitrogen and oxygen atoms in total. The molecule has 0 saturated heterocycles. The zero-order valence-corrected chi connectivity index (χ0v) is 10.9. The molecule has 2 heterocycles. The van der Waals surface area contributed by atoms with E-state index < -0.39 is 0 Å². The molecule has 0 N–H and O–H groups in total. The van der Waals surface area contributed by atoms with E-state index >= 15 is 0 Å². The zero-order valence-electron chi connectivity index (χ0n) is 10.1. The first-order valence-electron chi connectivity index (χ1n) is 5.79. The van der Waals surface area contributed by atoms with E-state index in [-0.39, 0.29) is 5.91 Å². The Labute approximate surface area is 100 Å². The first-order valence-corrected chi connectivity index (χ1v) is 6.61. The van der Waals surface area contributed by atoms with Crippen molar-refractivity contribution in [1.29, 1.82) is 0 Å². The minimum Gasteiger partial charge on any atom is -0.337 e. The van der Waals surface area contributed by atoms with Crippen molar-refractivity contribution in [2.45, 2.75) is 40.2 Å². The number of aryl methyl sites for hydroxylation is 1. The lowest BCUT2D eigenvalue weighted by atomic mass is 10.1. The highest BCUT2D eigenvalue weighted by Crippen LogP contribution is 2.25. The summed E-state index contributed by atoms with van der Waals surface area (Å²) in [5.41, 5.74) is 1.20. The van der Waals surface area contributed by atoms with Gasteiger partial charge >= 0.3 is 0 Å². The highest BCUT2D eigenvalue weighted by molar-refractivity contribution is 7.11. The number of rotatable bonds is 2. The Morgan fingerprint density at radius 1 is 1.56 bits per heavy atom. The van der Waals surface area contributed by atoms with Gasteiger partial charge in [-0.2, -0.15) is 0 Å². The molecule has 0 fully saturated rings. The Hall–Kier alpha value is -0.900. The molecule has 0 saturated carbocycles. The van der Waals surface area contributed by atoms with Gasteiger partial charge in [0.25, 0.3) is 0 Å². The molecule has 0 radical (unpaired) electrons. The van der Waals surface area contributed by atoms with E-state index in [1.165, 1.54) is 10.6 Å². The standard InChI is InChI=1S/C12H18N2OS/c1-8(2)6-12(15)14-5-4-10-11(7-14)16-9(3)13-10/h8H,4-7H2,1-3H3. The van der Waals surface area contributed by atoms with Gasteiger partial charge in [-0.25, -0.2) is 4.98 Å². The van der Waals surface area contributed by atoms with Gasteiger partial charge in [0.15, 0.2) is 0 Å². The van der Waals surface area contributed by atoms with Crippen LogP contribution in [0.2, 0.25) is 0 Å². The summed E-state index contributed by atoms with van der Waals surface area (Å²) in [5, 5.41) is 1.11. The van der Waals surface area contributed by atoms with Gasteiger partial charge in [-0.05, 0) is 12.8 Å². The number of carbonyl (C=O) groups excluding carboxylic acids is 1. The molecule has 0 unspecified atom stereocenters. The Kier molecular flexibility index (Phi) is 3.28. The monoisotopic (exact) mass is 238 g/mol. The van der Waals surface area contributed by atoms with Gasteiger partial charge in [0, 0.05) is 24.3 Å². The molecular formula is C12H18N2OS. The molecule has 88 valence electrons. The van der Waals surface area contributed by atoms with Crippen LogP contribution in [0.4, 0.5) is 0 Å². The van der Waals surface area contributed by atoms with Gasteiger partial charge in [-0.3, -0.25) is 4.79 Å². The fraction of sp³-hybridized carbons (Fsp3) is 0.667. The molecule has 4 heteroatoms. The quantitative estimate of drug-likeness (QED) is 0.792. The van der Waals surface area contributed by atoms with E-state index in [9.17, 15) is 4.79 Å². The fourth-order valence-electron chi connectivity index (χ4n) is 2.02. The second-order valence-electron chi connectivity index (χ2n) is 4.77. The first kappa shape index (κ1) is 11.6. The van der Waals surface area contributed by atoms with Gasteiger partial charge in [0.05, 0.1) is 17.2 Å². The highest BCUT2D eigenvalue weighted by Gasteiger charge is 2.23. The van der Waals surface area contributed by atoms with Crippen LogP contribution >= 0.6 is 11.3 Å². The van der Waals surface area contributed by atoms with E-state index in [4.69, 9.17) is 0 Å². The fourth-order valence-corrected chi connectivity index (χ4v) is 3.01. The third kappa shape index (κ3) is 2.43. The number of hydrogen-bond donors (Lipinski definition) is 0. The molecule has 0 aliphatic carbocycles. The first-order chi connectivity index (χ1) is 7.56. The average molecular weight is 238 g/mol. The van der Waals surface area contributed by atoms with Crippen molar-refractivity contribution in [2.75, 3.05) is 6.54 Å². The van der Waals surface area contributed by atoms with Crippen LogP contribution in [0, 0.1) is 12.8 Å². The molecule has 1 aromatic heterocycles. The zero-order chi connectivity index (χ0) is 11.7. The largest absolute Gasteiger partial charge is 0.337 e. The summed E-state index contributed by atoms with van der Waals surface area (Å²) in [6.07, 6.45) is 1.58. The van der Waals surface area contributed by atoms with Crippen molar-refractivity contribution >= 4 is 17.2 Å². The summed E-state index contributed by atoms with van der Waals surface area (Å²) in [6, 6.07) is 0. The van der Waals surface area contributed by atoms with E-state index in [1.54, 1.807) is 11.3 Å². The Balaban J connectivity index is 2.04. The van der Waals surface area contributed by atoms with E-state index in [2.05, 4.69) is 18.8 Å². The number of aromatic nitrogens is 1. The lowest BCUT2D eigenvalue weighted by molar-refractivity contribution is -0.132. The van der Waals surface area contributed by atoms with Crippen molar-refractivity contribution in [3.8, 4) is 0 Å². The summed E-state index contributed by atoms with van der Waals surface area (Å²) < 4.78 is 0. The predicted molar refractivity (Wildman–Crippen MR) is 65.4 cm³/mol. The van der Waals surface area contributed by atoms with Gasteiger partial charge in [-0.15, -0.1) is 11.3 Å². The molecule has 16 heavy (non-hydrogen) atoms. The van der Waals surface area contributed by atoms with Gasteiger partial charge < -0.3 is 4.90 Å². The molecule has 1 aliphatic rings. The molecule has 1 aromatic rings. The molecule has 0 bridgehead atoms. The van der Waals surface area contributed by atoms with Crippen LogP contribution in [-0.4, -0.2) is 22.3 Å². The van der Waals surface area contributed by atoms with Crippen molar-refractivity contribution in [3.05, 3.63) is 15.6 Å². The van der Waals surface area contributed by atoms with Crippen LogP contribution in [0.15, 0.2) is 0 Å². The number of amides is 1. The molecule has 0 spiro atoms. The summed E-state index contributed by atoms with van der Waals surface area (Å²) in [6.45, 7) is 7.81. The number of nitrogens with zero attached hydrogens (tertiary/aromatic N) is 2. The van der Waals surface area contributed by atoms with Crippen LogP contribution in [0.5, 0.6) is 0 Å². The number of carbonyl (C=O) groups is 1. The predicted octanol–water partition coefficient (Wildman–Crippen LogP) is 2.38. The summed E-state index contributed by atoms with van der Waals surface area (Å²) in [4.78, 5) is 19.7. The van der Waals surface area contributed by atoms with Crippen LogP contribution in [-0.2, 0) is 17.8 Å². The second kappa shape index (κ2) is 4.53. The van der Waals surface area contributed by atoms with Gasteiger partial charge in [0.1, 0.15) is 0 Å².